The van der Waals surface area contributed by atoms with Gasteiger partial charge in [-0.3, -0.25) is 9.36 Å². The van der Waals surface area contributed by atoms with E-state index in [0.717, 1.165) is 4.57 Å². The van der Waals surface area contributed by atoms with Crippen molar-refractivity contribution in [3.8, 4) is 5.75 Å². The Balaban J connectivity index is 1.63. The molecule has 0 aliphatic carbocycles. The molecule has 0 bridgehead atoms. The first-order valence-corrected chi connectivity index (χ1v) is 18.4. The van der Waals surface area contributed by atoms with Gasteiger partial charge in [0, 0.05) is 38.5 Å². The lowest BCUT2D eigenvalue weighted by Gasteiger charge is -2.36. The van der Waals surface area contributed by atoms with Gasteiger partial charge in [-0.1, -0.05) is 84.9 Å². The summed E-state index contributed by atoms with van der Waals surface area (Å²) in [6.07, 6.45) is 2.79. The van der Waals surface area contributed by atoms with E-state index in [1.165, 1.54) is 36.1 Å². The molecule has 0 N–H and O–H groups in total. The Hall–Kier alpha value is -1.79. The summed E-state index contributed by atoms with van der Waals surface area (Å²) in [5.41, 5.74) is -0.652. The summed E-state index contributed by atoms with van der Waals surface area (Å²) in [5, 5.41) is 1.06. The van der Waals surface area contributed by atoms with Crippen LogP contribution in [0.3, 0.4) is 0 Å². The number of benzene rings is 2. The highest BCUT2D eigenvalue weighted by atomic mass is 35.5. The van der Waals surface area contributed by atoms with E-state index in [-0.39, 0.29) is 31.2 Å². The van der Waals surface area contributed by atoms with Gasteiger partial charge in [-0.05, 0) is 48.5 Å². The molecule has 0 saturated heterocycles. The lowest BCUT2D eigenvalue weighted by atomic mass is 10.0. The molecule has 0 amide bonds. The van der Waals surface area contributed by atoms with E-state index in [0.29, 0.717) is 28.5 Å². The predicted octanol–water partition coefficient (Wildman–Crippen LogP) is 8.52. The Kier molecular flexibility index (Phi) is 11.1. The fraction of sp³-hybridized carbons (Fsp3) is 0.400. The Labute approximate surface area is 282 Å². The van der Waals surface area contributed by atoms with E-state index < -0.39 is 38.6 Å². The molecule has 3 atom stereocenters. The summed E-state index contributed by atoms with van der Waals surface area (Å²) in [6.45, 7) is 10.7. The summed E-state index contributed by atoms with van der Waals surface area (Å²) < 4.78 is 26.1. The number of hydrogen-bond donors (Lipinski definition) is 0. The van der Waals surface area contributed by atoms with E-state index in [2.05, 4.69) is 33.9 Å². The largest absolute Gasteiger partial charge is 0.497 e. The number of aromatic nitrogens is 2. The molecule has 1 aliphatic heterocycles. The molecule has 14 heteroatoms. The van der Waals surface area contributed by atoms with Crippen LogP contribution in [0, 0.1) is 0 Å². The van der Waals surface area contributed by atoms with Gasteiger partial charge in [0.1, 0.15) is 24.7 Å². The normalized spacial score (nSPS) is 17.7. The van der Waals surface area contributed by atoms with Crippen molar-refractivity contribution in [1.82, 2.24) is 9.13 Å². The van der Waals surface area contributed by atoms with E-state index in [9.17, 15) is 9.59 Å². The summed E-state index contributed by atoms with van der Waals surface area (Å²) >= 11 is 32.5. The number of methoxy groups -OCH3 is 1. The molecule has 2 aromatic carbocycles. The topological polar surface area (TPSA) is 80.9 Å². The zero-order valence-corrected chi connectivity index (χ0v) is 29.8. The smallest absolute Gasteiger partial charge is 0.335 e. The van der Waals surface area contributed by atoms with Gasteiger partial charge in [0.05, 0.1) is 23.8 Å². The minimum atomic E-state index is -2.00. The van der Waals surface area contributed by atoms with Crippen molar-refractivity contribution in [2.75, 3.05) is 13.7 Å². The van der Waals surface area contributed by atoms with Crippen LogP contribution in [-0.2, 0) is 20.6 Å². The highest BCUT2D eigenvalue weighted by molar-refractivity contribution is 6.74. The van der Waals surface area contributed by atoms with Crippen LogP contribution < -0.4 is 16.0 Å². The maximum absolute atomic E-state index is 13.6. The third kappa shape index (κ3) is 7.60. The molecular formula is C30H33Cl5N2O6Si. The number of hydrogen-bond acceptors (Lipinski definition) is 6. The Bertz CT molecular complexity index is 1640. The third-order valence-corrected chi connectivity index (χ3v) is 13.8. The number of halogens is 5. The summed E-state index contributed by atoms with van der Waals surface area (Å²) in [4.78, 5) is 26.5. The van der Waals surface area contributed by atoms with Crippen LogP contribution >= 0.6 is 58.0 Å². The first kappa shape index (κ1) is 35.1. The molecule has 0 saturated carbocycles. The van der Waals surface area contributed by atoms with Crippen LogP contribution in [0.25, 0.3) is 0 Å². The lowest BCUT2D eigenvalue weighted by molar-refractivity contribution is -0.0122. The quantitative estimate of drug-likeness (QED) is 0.154. The molecule has 44 heavy (non-hydrogen) atoms. The van der Waals surface area contributed by atoms with Crippen LogP contribution in [0.2, 0.25) is 43.2 Å². The van der Waals surface area contributed by atoms with Gasteiger partial charge in [0.2, 0.25) is 0 Å². The molecule has 8 nitrogen and oxygen atoms in total. The minimum Gasteiger partial charge on any atom is -0.497 e. The van der Waals surface area contributed by atoms with Crippen molar-refractivity contribution in [1.29, 1.82) is 0 Å². The Morgan fingerprint density at radius 1 is 0.932 bits per heavy atom. The van der Waals surface area contributed by atoms with Crippen LogP contribution in [0.4, 0.5) is 0 Å². The van der Waals surface area contributed by atoms with Gasteiger partial charge in [-0.15, -0.1) is 0 Å². The molecule has 0 unspecified atom stereocenters. The molecule has 2 heterocycles. The lowest BCUT2D eigenvalue weighted by Crippen LogP contribution is -2.43. The van der Waals surface area contributed by atoms with Crippen molar-refractivity contribution in [3.05, 3.63) is 106 Å². The molecule has 0 radical (unpaired) electrons. The van der Waals surface area contributed by atoms with Crippen molar-refractivity contribution >= 4 is 66.3 Å². The molecular weight excluding hydrogens is 690 g/mol. The molecule has 1 aromatic heterocycles. The second kappa shape index (κ2) is 13.9. The van der Waals surface area contributed by atoms with Crippen LogP contribution in [-0.4, -0.2) is 37.3 Å². The number of nitrogens with zero attached hydrogens (tertiary/aromatic N) is 2. The fourth-order valence-corrected chi connectivity index (χ4v) is 6.98. The third-order valence-electron chi connectivity index (χ3n) is 7.82. The molecule has 3 aromatic rings. The average molecular weight is 723 g/mol. The van der Waals surface area contributed by atoms with Crippen LogP contribution in [0.5, 0.6) is 5.75 Å². The molecule has 1 aliphatic rings. The minimum absolute atomic E-state index is 0.0414. The van der Waals surface area contributed by atoms with E-state index in [1.807, 2.05) is 6.08 Å². The summed E-state index contributed by atoms with van der Waals surface area (Å²) in [7, 11) is -0.525. The monoisotopic (exact) mass is 720 g/mol. The molecule has 4 rings (SSSR count). The Morgan fingerprint density at radius 2 is 1.50 bits per heavy atom. The maximum atomic E-state index is 13.6. The number of rotatable bonds is 10. The first-order chi connectivity index (χ1) is 20.5. The number of ether oxygens (including phenoxy) is 3. The molecule has 0 fully saturated rings. The molecule has 238 valence electrons. The highest BCUT2D eigenvalue weighted by Gasteiger charge is 2.38. The van der Waals surface area contributed by atoms with Gasteiger partial charge in [0.15, 0.2) is 14.5 Å². The van der Waals surface area contributed by atoms with Crippen molar-refractivity contribution < 1.29 is 18.6 Å². The SMILES string of the molecule is COc1cc(Cl)c([C@H](OCn2c(=O)ccn([C@H]3C=C[C@@H](CO[Si](C)(C)C(C)(C)C)O3)c2=O)c2c(Cl)cc(Cl)cc2Cl)c(Cl)c1. The Morgan fingerprint density at radius 3 is 2.05 bits per heavy atom. The first-order valence-electron chi connectivity index (χ1n) is 13.6. The van der Waals surface area contributed by atoms with E-state index in [4.69, 9.17) is 76.6 Å². The second-order valence-corrected chi connectivity index (χ2v) is 18.6. The van der Waals surface area contributed by atoms with Gasteiger partial charge in [-0.2, -0.15) is 0 Å². The zero-order valence-electron chi connectivity index (χ0n) is 25.0. The van der Waals surface area contributed by atoms with Crippen molar-refractivity contribution in [3.63, 3.8) is 0 Å². The molecule has 0 spiro atoms. The van der Waals surface area contributed by atoms with Crippen LogP contribution in [0.1, 0.15) is 44.2 Å². The predicted molar refractivity (Wildman–Crippen MR) is 179 cm³/mol. The summed E-state index contributed by atoms with van der Waals surface area (Å²) in [6, 6.07) is 7.33. The van der Waals surface area contributed by atoms with E-state index >= 15 is 0 Å². The van der Waals surface area contributed by atoms with Crippen molar-refractivity contribution in [2.45, 2.75) is 64.1 Å². The van der Waals surface area contributed by atoms with Crippen molar-refractivity contribution in [2.24, 2.45) is 0 Å². The highest BCUT2D eigenvalue weighted by Crippen LogP contribution is 2.44. The van der Waals surface area contributed by atoms with Gasteiger partial charge in [-0.25, -0.2) is 9.36 Å². The second-order valence-electron chi connectivity index (χ2n) is 11.8. The maximum Gasteiger partial charge on any atom is 0.335 e. The van der Waals surface area contributed by atoms with Gasteiger partial charge < -0.3 is 18.6 Å². The van der Waals surface area contributed by atoms with Gasteiger partial charge in [0.25, 0.3) is 5.56 Å². The fourth-order valence-electron chi connectivity index (χ4n) is 4.29. The van der Waals surface area contributed by atoms with Crippen LogP contribution in [0.15, 0.2) is 58.3 Å². The van der Waals surface area contributed by atoms with E-state index in [1.54, 1.807) is 18.2 Å². The zero-order chi connectivity index (χ0) is 32.6. The average Bonchev–Trinajstić information content (AvgIpc) is 3.38. The van der Waals surface area contributed by atoms with Gasteiger partial charge >= 0.3 is 5.69 Å². The standard InChI is InChI=1S/C30H33Cl5N2O6Si/c1-30(2,3)44(5,6)42-15-18-7-8-25(43-18)36-10-9-24(38)37(29(36)39)16-41-28(26-20(32)11-17(31)12-21(26)33)27-22(34)13-19(40-4)14-23(27)35/h7-14,18,25,28H,15-16H2,1-6H3/t18-,25+,28+/m0/s1. The summed E-state index contributed by atoms with van der Waals surface area (Å²) in [5.74, 6) is 0.413.